The zero-order chi connectivity index (χ0) is 19.0. The molecule has 0 amide bonds. The van der Waals surface area contributed by atoms with E-state index in [0.717, 1.165) is 38.7 Å². The molecular weight excluding hydrogens is 356 g/mol. The predicted molar refractivity (Wildman–Crippen MR) is 110 cm³/mol. The highest BCUT2D eigenvalue weighted by atomic mass is 32.1. The number of benzene rings is 2. The highest BCUT2D eigenvalue weighted by Crippen LogP contribution is 2.36. The van der Waals surface area contributed by atoms with Crippen LogP contribution in [-0.2, 0) is 0 Å². The average molecular weight is 376 g/mol. The molecule has 2 aromatic carbocycles. The van der Waals surface area contributed by atoms with E-state index in [1.165, 1.54) is 5.56 Å². The second-order valence-electron chi connectivity index (χ2n) is 6.41. The molecule has 0 bridgehead atoms. The summed E-state index contributed by atoms with van der Waals surface area (Å²) in [7, 11) is 0. The predicted octanol–water partition coefficient (Wildman–Crippen LogP) is 5.56. The minimum atomic E-state index is 0.578. The zero-order valence-corrected chi connectivity index (χ0v) is 16.3. The molecular formula is C22H20N2O2S. The first-order valence-electron chi connectivity index (χ1n) is 8.89. The van der Waals surface area contributed by atoms with E-state index in [4.69, 9.17) is 9.72 Å². The van der Waals surface area contributed by atoms with Crippen LogP contribution in [0.3, 0.4) is 0 Å². The third-order valence-corrected chi connectivity index (χ3v) is 5.52. The van der Waals surface area contributed by atoms with Crippen LogP contribution in [0.15, 0.2) is 48.5 Å². The van der Waals surface area contributed by atoms with Gasteiger partial charge in [-0.15, -0.1) is 11.3 Å². The number of hydrogen-bond acceptors (Lipinski definition) is 4. The van der Waals surface area contributed by atoms with Gasteiger partial charge in [-0.3, -0.25) is 9.20 Å². The number of aldehydes is 1. The third-order valence-electron chi connectivity index (χ3n) is 4.56. The lowest BCUT2D eigenvalue weighted by Gasteiger charge is -2.06. The Hall–Kier alpha value is -2.92. The van der Waals surface area contributed by atoms with Crippen molar-refractivity contribution in [3.8, 4) is 28.3 Å². The first kappa shape index (κ1) is 17.5. The van der Waals surface area contributed by atoms with Crippen molar-refractivity contribution < 1.29 is 9.53 Å². The van der Waals surface area contributed by atoms with Crippen LogP contribution >= 0.6 is 11.3 Å². The van der Waals surface area contributed by atoms with Gasteiger partial charge in [-0.1, -0.05) is 29.8 Å². The summed E-state index contributed by atoms with van der Waals surface area (Å²) in [6.45, 7) is 6.72. The van der Waals surface area contributed by atoms with Crippen LogP contribution in [0.5, 0.6) is 5.75 Å². The molecule has 2 aromatic heterocycles. The van der Waals surface area contributed by atoms with Crippen LogP contribution in [0.1, 0.15) is 27.9 Å². The standard InChI is InChI=1S/C22H20N2O2S/c1-4-26-18-11-9-16(10-12-18)20-19(13-25)24-21(15(3)27-22(24)23-20)17-7-5-14(2)6-8-17/h5-13H,4H2,1-3H3. The van der Waals surface area contributed by atoms with E-state index < -0.39 is 0 Å². The molecule has 4 aromatic rings. The van der Waals surface area contributed by atoms with Crippen molar-refractivity contribution in [2.75, 3.05) is 6.61 Å². The second-order valence-corrected chi connectivity index (χ2v) is 7.59. The fraction of sp³-hybridized carbons (Fsp3) is 0.182. The van der Waals surface area contributed by atoms with E-state index in [2.05, 4.69) is 38.1 Å². The number of aryl methyl sites for hydroxylation is 2. The van der Waals surface area contributed by atoms with Crippen molar-refractivity contribution in [1.82, 2.24) is 9.38 Å². The number of ether oxygens (including phenoxy) is 1. The zero-order valence-electron chi connectivity index (χ0n) is 15.5. The highest BCUT2D eigenvalue weighted by Gasteiger charge is 2.20. The fourth-order valence-corrected chi connectivity index (χ4v) is 4.28. The Morgan fingerprint density at radius 2 is 1.70 bits per heavy atom. The number of nitrogens with zero attached hydrogens (tertiary/aromatic N) is 2. The van der Waals surface area contributed by atoms with Crippen LogP contribution in [0.25, 0.3) is 27.5 Å². The van der Waals surface area contributed by atoms with Gasteiger partial charge in [-0.25, -0.2) is 4.98 Å². The summed E-state index contributed by atoms with van der Waals surface area (Å²) in [6, 6.07) is 16.1. The highest BCUT2D eigenvalue weighted by molar-refractivity contribution is 7.17. The van der Waals surface area contributed by atoms with Gasteiger partial charge in [0, 0.05) is 10.4 Å². The number of thiazole rings is 1. The summed E-state index contributed by atoms with van der Waals surface area (Å²) in [5, 5.41) is 0. The first-order chi connectivity index (χ1) is 13.1. The molecule has 136 valence electrons. The normalized spacial score (nSPS) is 11.1. The lowest BCUT2D eigenvalue weighted by molar-refractivity contribution is 0.111. The topological polar surface area (TPSA) is 43.6 Å². The Morgan fingerprint density at radius 3 is 2.33 bits per heavy atom. The summed E-state index contributed by atoms with van der Waals surface area (Å²) in [5.74, 6) is 0.811. The SMILES string of the molecule is CCOc1ccc(-c2nc3sc(C)c(-c4ccc(C)cc4)n3c2C=O)cc1. The Balaban J connectivity index is 1.89. The molecule has 27 heavy (non-hydrogen) atoms. The Morgan fingerprint density at radius 1 is 1.04 bits per heavy atom. The molecule has 0 spiro atoms. The Bertz CT molecular complexity index is 1110. The second kappa shape index (κ2) is 7.00. The fourth-order valence-electron chi connectivity index (χ4n) is 3.28. The van der Waals surface area contributed by atoms with Crippen LogP contribution in [0.2, 0.25) is 0 Å². The van der Waals surface area contributed by atoms with Crippen LogP contribution < -0.4 is 4.74 Å². The molecule has 0 aliphatic heterocycles. The monoisotopic (exact) mass is 376 g/mol. The van der Waals surface area contributed by atoms with Crippen LogP contribution in [0.4, 0.5) is 0 Å². The lowest BCUT2D eigenvalue weighted by atomic mass is 10.1. The van der Waals surface area contributed by atoms with Gasteiger partial charge in [0.15, 0.2) is 11.2 Å². The maximum atomic E-state index is 12.0. The van der Waals surface area contributed by atoms with Crippen molar-refractivity contribution in [2.45, 2.75) is 20.8 Å². The number of hydrogen-bond donors (Lipinski definition) is 0. The van der Waals surface area contributed by atoms with Gasteiger partial charge in [0.25, 0.3) is 0 Å². The molecule has 0 N–H and O–H groups in total. The Labute approximate surface area is 162 Å². The van der Waals surface area contributed by atoms with Crippen molar-refractivity contribution in [1.29, 1.82) is 0 Å². The number of rotatable bonds is 5. The third kappa shape index (κ3) is 3.04. The van der Waals surface area contributed by atoms with Crippen molar-refractivity contribution in [2.24, 2.45) is 0 Å². The van der Waals surface area contributed by atoms with E-state index in [-0.39, 0.29) is 0 Å². The van der Waals surface area contributed by atoms with Crippen molar-refractivity contribution in [3.05, 3.63) is 64.7 Å². The first-order valence-corrected chi connectivity index (χ1v) is 9.71. The number of imidazole rings is 1. The molecule has 4 nitrogen and oxygen atoms in total. The maximum absolute atomic E-state index is 12.0. The van der Waals surface area contributed by atoms with Crippen molar-refractivity contribution in [3.63, 3.8) is 0 Å². The van der Waals surface area contributed by atoms with Crippen LogP contribution in [-0.4, -0.2) is 22.3 Å². The van der Waals surface area contributed by atoms with Crippen LogP contribution in [0, 0.1) is 13.8 Å². The van der Waals surface area contributed by atoms with E-state index >= 15 is 0 Å². The Kier molecular flexibility index (Phi) is 4.54. The smallest absolute Gasteiger partial charge is 0.195 e. The number of carbonyl (C=O) groups excluding carboxylic acids is 1. The molecule has 0 saturated carbocycles. The molecule has 0 atom stereocenters. The lowest BCUT2D eigenvalue weighted by Crippen LogP contribution is -1.96. The summed E-state index contributed by atoms with van der Waals surface area (Å²) in [5.41, 5.74) is 5.51. The summed E-state index contributed by atoms with van der Waals surface area (Å²) in [6.07, 6.45) is 0.898. The molecule has 0 radical (unpaired) electrons. The number of fused-ring (bicyclic) bond motifs is 1. The minimum absolute atomic E-state index is 0.578. The quantitative estimate of drug-likeness (QED) is 0.428. The molecule has 0 aliphatic carbocycles. The summed E-state index contributed by atoms with van der Waals surface area (Å²) < 4.78 is 7.48. The maximum Gasteiger partial charge on any atom is 0.195 e. The number of carbonyl (C=O) groups is 1. The molecule has 4 rings (SSSR count). The molecule has 5 heteroatoms. The molecule has 0 aliphatic rings. The van der Waals surface area contributed by atoms with Gasteiger partial charge in [0.05, 0.1) is 12.3 Å². The molecule has 0 fully saturated rings. The van der Waals surface area contributed by atoms with Crippen molar-refractivity contribution >= 4 is 22.6 Å². The number of aromatic nitrogens is 2. The van der Waals surface area contributed by atoms with Gasteiger partial charge < -0.3 is 4.74 Å². The summed E-state index contributed by atoms with van der Waals surface area (Å²) in [4.78, 5) is 18.7. The molecule has 2 heterocycles. The average Bonchev–Trinajstić information content (AvgIpc) is 3.17. The van der Waals surface area contributed by atoms with Gasteiger partial charge in [0.1, 0.15) is 17.1 Å². The van der Waals surface area contributed by atoms with Gasteiger partial charge >= 0.3 is 0 Å². The van der Waals surface area contributed by atoms with E-state index in [1.54, 1.807) is 11.3 Å². The largest absolute Gasteiger partial charge is 0.494 e. The van der Waals surface area contributed by atoms with E-state index in [0.29, 0.717) is 18.0 Å². The minimum Gasteiger partial charge on any atom is -0.494 e. The molecule has 0 saturated heterocycles. The van der Waals surface area contributed by atoms with E-state index in [9.17, 15) is 4.79 Å². The van der Waals surface area contributed by atoms with E-state index in [1.807, 2.05) is 35.6 Å². The van der Waals surface area contributed by atoms with Gasteiger partial charge in [-0.2, -0.15) is 0 Å². The summed E-state index contributed by atoms with van der Waals surface area (Å²) >= 11 is 1.60. The van der Waals surface area contributed by atoms with Gasteiger partial charge in [0.2, 0.25) is 0 Å². The van der Waals surface area contributed by atoms with Gasteiger partial charge in [-0.05, 0) is 50.6 Å². The molecule has 0 unspecified atom stereocenters.